The molecule has 22 heavy (non-hydrogen) atoms. The lowest BCUT2D eigenvalue weighted by Gasteiger charge is -2.10. The third-order valence-electron chi connectivity index (χ3n) is 3.05. The summed E-state index contributed by atoms with van der Waals surface area (Å²) in [5, 5.41) is 0. The van der Waals surface area contributed by atoms with Gasteiger partial charge in [-0.3, -0.25) is 4.79 Å². The van der Waals surface area contributed by atoms with E-state index in [-0.39, 0.29) is 11.5 Å². The first-order chi connectivity index (χ1) is 10.4. The molecule has 116 valence electrons. The second-order valence-electron chi connectivity index (χ2n) is 4.83. The first kappa shape index (κ1) is 16.1. The van der Waals surface area contributed by atoms with Gasteiger partial charge in [0, 0.05) is 12.0 Å². The molecule has 0 aliphatic carbocycles. The van der Waals surface area contributed by atoms with Gasteiger partial charge in [0.05, 0.1) is 5.56 Å². The minimum absolute atomic E-state index is 0.0353. The summed E-state index contributed by atoms with van der Waals surface area (Å²) in [7, 11) is 0. The molecule has 0 bridgehead atoms. The van der Waals surface area contributed by atoms with E-state index in [0.717, 1.165) is 18.6 Å². The summed E-state index contributed by atoms with van der Waals surface area (Å²) in [6.45, 7) is 1.92. The van der Waals surface area contributed by atoms with E-state index in [9.17, 15) is 18.0 Å². The topological polar surface area (TPSA) is 26.3 Å². The summed E-state index contributed by atoms with van der Waals surface area (Å²) in [5.74, 6) is 0.517. The number of Topliss-reactive ketones (excluding diaryl/α,β-unsaturated/α-hetero) is 1. The second kappa shape index (κ2) is 6.64. The predicted molar refractivity (Wildman–Crippen MR) is 77.2 cm³/mol. The molecule has 0 heterocycles. The van der Waals surface area contributed by atoms with Gasteiger partial charge in [0.1, 0.15) is 11.5 Å². The number of benzene rings is 2. The zero-order valence-electron chi connectivity index (χ0n) is 12.0. The van der Waals surface area contributed by atoms with E-state index in [1.54, 1.807) is 24.3 Å². The molecule has 2 aromatic carbocycles. The Kier molecular flexibility index (Phi) is 4.85. The molecule has 0 aliphatic rings. The van der Waals surface area contributed by atoms with Gasteiger partial charge in [0.2, 0.25) is 0 Å². The lowest BCUT2D eigenvalue weighted by atomic mass is 10.1. The number of hydrogen-bond acceptors (Lipinski definition) is 2. The molecule has 2 rings (SSSR count). The number of halogens is 3. The van der Waals surface area contributed by atoms with Crippen molar-refractivity contribution >= 4 is 5.78 Å². The molecule has 0 saturated carbocycles. The fraction of sp³-hybridized carbons (Fsp3) is 0.235. The summed E-state index contributed by atoms with van der Waals surface area (Å²) < 4.78 is 43.3. The van der Waals surface area contributed by atoms with Crippen molar-refractivity contribution < 1.29 is 22.7 Å². The fourth-order valence-corrected chi connectivity index (χ4v) is 1.95. The standard InChI is InChI=1S/C17H15F3O2/c1-2-4-16(21)12-7-9-14(10-8-12)22-15-6-3-5-13(11-15)17(18,19)20/h3,5-11H,2,4H2,1H3. The molecular weight excluding hydrogens is 293 g/mol. The summed E-state index contributed by atoms with van der Waals surface area (Å²) in [5.41, 5.74) is -0.196. The minimum atomic E-state index is -4.41. The van der Waals surface area contributed by atoms with E-state index in [1.807, 2.05) is 6.92 Å². The average Bonchev–Trinajstić information content (AvgIpc) is 2.48. The maximum atomic E-state index is 12.6. The van der Waals surface area contributed by atoms with E-state index >= 15 is 0 Å². The molecule has 0 aromatic heterocycles. The minimum Gasteiger partial charge on any atom is -0.457 e. The number of ketones is 1. The van der Waals surface area contributed by atoms with Gasteiger partial charge < -0.3 is 4.74 Å². The number of rotatable bonds is 5. The molecule has 0 spiro atoms. The van der Waals surface area contributed by atoms with Crippen molar-refractivity contribution in [3.8, 4) is 11.5 Å². The van der Waals surface area contributed by atoms with Crippen molar-refractivity contribution in [3.63, 3.8) is 0 Å². The maximum Gasteiger partial charge on any atom is 0.416 e. The second-order valence-corrected chi connectivity index (χ2v) is 4.83. The highest BCUT2D eigenvalue weighted by atomic mass is 19.4. The van der Waals surface area contributed by atoms with Crippen LogP contribution in [0.4, 0.5) is 13.2 Å². The van der Waals surface area contributed by atoms with Crippen molar-refractivity contribution in [2.45, 2.75) is 25.9 Å². The van der Waals surface area contributed by atoms with Crippen LogP contribution in [0.3, 0.4) is 0 Å². The highest BCUT2D eigenvalue weighted by Gasteiger charge is 2.30. The van der Waals surface area contributed by atoms with Crippen molar-refractivity contribution in [1.29, 1.82) is 0 Å². The smallest absolute Gasteiger partial charge is 0.416 e. The Balaban J connectivity index is 2.13. The van der Waals surface area contributed by atoms with Crippen molar-refractivity contribution in [1.82, 2.24) is 0 Å². The third-order valence-corrected chi connectivity index (χ3v) is 3.05. The van der Waals surface area contributed by atoms with Gasteiger partial charge in [-0.15, -0.1) is 0 Å². The van der Waals surface area contributed by atoms with Crippen LogP contribution in [-0.2, 0) is 6.18 Å². The molecule has 0 N–H and O–H groups in total. The highest BCUT2D eigenvalue weighted by molar-refractivity contribution is 5.96. The van der Waals surface area contributed by atoms with Gasteiger partial charge in [-0.2, -0.15) is 13.2 Å². The summed E-state index contributed by atoms with van der Waals surface area (Å²) in [4.78, 5) is 11.7. The largest absolute Gasteiger partial charge is 0.457 e. The van der Waals surface area contributed by atoms with Crippen LogP contribution in [0.2, 0.25) is 0 Å². The molecule has 0 fully saturated rings. The summed E-state index contributed by atoms with van der Waals surface area (Å²) in [6, 6.07) is 11.0. The van der Waals surface area contributed by atoms with Crippen LogP contribution in [0.1, 0.15) is 35.7 Å². The van der Waals surface area contributed by atoms with Crippen LogP contribution >= 0.6 is 0 Å². The first-order valence-corrected chi connectivity index (χ1v) is 6.88. The number of alkyl halides is 3. The molecule has 2 aromatic rings. The molecule has 5 heteroatoms. The van der Waals surface area contributed by atoms with E-state index < -0.39 is 11.7 Å². The molecule has 0 amide bonds. The van der Waals surface area contributed by atoms with Gasteiger partial charge in [0.15, 0.2) is 5.78 Å². The zero-order chi connectivity index (χ0) is 16.2. The van der Waals surface area contributed by atoms with Gasteiger partial charge in [-0.25, -0.2) is 0 Å². The maximum absolute atomic E-state index is 12.6. The van der Waals surface area contributed by atoms with Crippen molar-refractivity contribution in [2.75, 3.05) is 0 Å². The van der Waals surface area contributed by atoms with Crippen LogP contribution in [0.15, 0.2) is 48.5 Å². The summed E-state index contributed by atoms with van der Waals surface area (Å²) in [6.07, 6.45) is -3.18. The van der Waals surface area contributed by atoms with E-state index in [2.05, 4.69) is 0 Å². The lowest BCUT2D eigenvalue weighted by molar-refractivity contribution is -0.137. The first-order valence-electron chi connectivity index (χ1n) is 6.88. The Labute approximate surface area is 126 Å². The van der Waals surface area contributed by atoms with Gasteiger partial charge in [-0.05, 0) is 48.9 Å². The quantitative estimate of drug-likeness (QED) is 0.684. The lowest BCUT2D eigenvalue weighted by Crippen LogP contribution is -2.04. The predicted octanol–water partition coefficient (Wildman–Crippen LogP) is 5.48. The van der Waals surface area contributed by atoms with Gasteiger partial charge in [-0.1, -0.05) is 13.0 Å². The number of carbonyl (C=O) groups excluding carboxylic acids is 1. The number of ether oxygens (including phenoxy) is 1. The highest BCUT2D eigenvalue weighted by Crippen LogP contribution is 2.32. The van der Waals surface area contributed by atoms with Crippen molar-refractivity contribution in [3.05, 3.63) is 59.7 Å². The third kappa shape index (κ3) is 4.10. The molecular formula is C17H15F3O2. The molecule has 0 radical (unpaired) electrons. The van der Waals surface area contributed by atoms with Gasteiger partial charge in [0.25, 0.3) is 0 Å². The molecule has 0 saturated heterocycles. The van der Waals surface area contributed by atoms with Crippen molar-refractivity contribution in [2.24, 2.45) is 0 Å². The van der Waals surface area contributed by atoms with E-state index in [1.165, 1.54) is 12.1 Å². The van der Waals surface area contributed by atoms with Crippen LogP contribution in [0.5, 0.6) is 11.5 Å². The Morgan fingerprint density at radius 3 is 2.32 bits per heavy atom. The fourth-order valence-electron chi connectivity index (χ4n) is 1.95. The average molecular weight is 308 g/mol. The molecule has 0 unspecified atom stereocenters. The van der Waals surface area contributed by atoms with E-state index in [4.69, 9.17) is 4.74 Å². The Bertz CT molecular complexity index is 646. The monoisotopic (exact) mass is 308 g/mol. The normalized spacial score (nSPS) is 11.3. The SMILES string of the molecule is CCCC(=O)c1ccc(Oc2cccc(C(F)(F)F)c2)cc1. The molecule has 0 aliphatic heterocycles. The van der Waals surface area contributed by atoms with Gasteiger partial charge >= 0.3 is 6.18 Å². The Hall–Kier alpha value is -2.30. The summed E-state index contributed by atoms with van der Waals surface area (Å²) >= 11 is 0. The van der Waals surface area contributed by atoms with Crippen LogP contribution in [0.25, 0.3) is 0 Å². The van der Waals surface area contributed by atoms with E-state index in [0.29, 0.717) is 17.7 Å². The number of carbonyl (C=O) groups is 1. The van der Waals surface area contributed by atoms with Crippen LogP contribution in [0, 0.1) is 0 Å². The Morgan fingerprint density at radius 1 is 1.05 bits per heavy atom. The van der Waals surface area contributed by atoms with Crippen LogP contribution < -0.4 is 4.74 Å². The zero-order valence-corrected chi connectivity index (χ0v) is 12.0. The molecule has 0 atom stereocenters. The molecule has 2 nitrogen and oxygen atoms in total. The number of hydrogen-bond donors (Lipinski definition) is 0. The van der Waals surface area contributed by atoms with Crippen LogP contribution in [-0.4, -0.2) is 5.78 Å². The Morgan fingerprint density at radius 2 is 1.73 bits per heavy atom.